The Labute approximate surface area is 184 Å². The molecule has 0 saturated carbocycles. The molecule has 3 aliphatic heterocycles. The number of carbonyl (C=O) groups excluding carboxylic acids is 3. The summed E-state index contributed by atoms with van der Waals surface area (Å²) in [6.45, 7) is 0.323. The predicted molar refractivity (Wildman–Crippen MR) is 113 cm³/mol. The summed E-state index contributed by atoms with van der Waals surface area (Å²) in [5, 5.41) is 25.7. The number of hydrogen-bond donors (Lipinski definition) is 4. The maximum atomic E-state index is 13.5. The number of phenolic OH excluding ortho intramolecular Hbond substituents is 2. The second-order valence-electron chi connectivity index (χ2n) is 8.41. The summed E-state index contributed by atoms with van der Waals surface area (Å²) in [7, 11) is 1.50. The Kier molecular flexibility index (Phi) is 4.68. The fourth-order valence-corrected chi connectivity index (χ4v) is 5.35. The van der Waals surface area contributed by atoms with Crippen molar-refractivity contribution < 1.29 is 29.3 Å². The van der Waals surface area contributed by atoms with Crippen LogP contribution in [0, 0.1) is 11.8 Å². The van der Waals surface area contributed by atoms with Gasteiger partial charge in [-0.1, -0.05) is 24.3 Å². The first-order valence-corrected chi connectivity index (χ1v) is 10.4. The average Bonchev–Trinajstić information content (AvgIpc) is 3.34. The Bertz CT molecular complexity index is 1130. The van der Waals surface area contributed by atoms with Crippen LogP contribution in [0.4, 0.5) is 5.69 Å². The van der Waals surface area contributed by atoms with E-state index in [0.717, 1.165) is 0 Å². The third kappa shape index (κ3) is 2.74. The lowest BCUT2D eigenvalue weighted by molar-refractivity contribution is -0.143. The number of likely N-dealkylation sites (tertiary alicyclic amines) is 1. The van der Waals surface area contributed by atoms with Gasteiger partial charge in [0.05, 0.1) is 25.0 Å². The van der Waals surface area contributed by atoms with Crippen molar-refractivity contribution in [3.63, 3.8) is 0 Å². The van der Waals surface area contributed by atoms with E-state index in [1.165, 1.54) is 24.1 Å². The molecule has 32 heavy (non-hydrogen) atoms. The zero-order valence-corrected chi connectivity index (χ0v) is 17.4. The molecule has 9 heteroatoms. The molecule has 5 rings (SSSR count). The number of hydrogen-bond acceptors (Lipinski definition) is 7. The number of para-hydroxylation sites is 1. The van der Waals surface area contributed by atoms with Crippen molar-refractivity contribution in [2.24, 2.45) is 11.8 Å². The first-order chi connectivity index (χ1) is 15.4. The van der Waals surface area contributed by atoms with Crippen molar-refractivity contribution in [2.45, 2.75) is 18.0 Å². The SMILES string of the molecule is COCCN1C(=O)[C@@H]2C(Cc3ccc(O)c(O)c3)NC3(C(=O)Nc4ccccc43)[C@@H]2C1=O. The van der Waals surface area contributed by atoms with E-state index in [2.05, 4.69) is 10.6 Å². The monoisotopic (exact) mass is 437 g/mol. The van der Waals surface area contributed by atoms with Gasteiger partial charge in [0.1, 0.15) is 5.54 Å². The number of aromatic hydroxyl groups is 2. The van der Waals surface area contributed by atoms with Gasteiger partial charge in [-0.05, 0) is 30.2 Å². The number of anilines is 1. The molecule has 4 atom stereocenters. The van der Waals surface area contributed by atoms with Gasteiger partial charge < -0.3 is 20.3 Å². The number of nitrogens with zero attached hydrogens (tertiary/aromatic N) is 1. The van der Waals surface area contributed by atoms with Gasteiger partial charge in [0.2, 0.25) is 17.7 Å². The highest BCUT2D eigenvalue weighted by molar-refractivity contribution is 6.15. The normalized spacial score (nSPS) is 28.3. The van der Waals surface area contributed by atoms with Crippen molar-refractivity contribution in [3.8, 4) is 11.5 Å². The highest BCUT2D eigenvalue weighted by Crippen LogP contribution is 2.53. The lowest BCUT2D eigenvalue weighted by atomic mass is 9.76. The quantitative estimate of drug-likeness (QED) is 0.401. The fraction of sp³-hybridized carbons (Fsp3) is 0.348. The first kappa shape index (κ1) is 20.5. The van der Waals surface area contributed by atoms with Crippen LogP contribution in [0.3, 0.4) is 0 Å². The van der Waals surface area contributed by atoms with Crippen molar-refractivity contribution in [3.05, 3.63) is 53.6 Å². The zero-order valence-electron chi connectivity index (χ0n) is 17.4. The van der Waals surface area contributed by atoms with Gasteiger partial charge in [-0.15, -0.1) is 0 Å². The van der Waals surface area contributed by atoms with Crippen LogP contribution in [-0.4, -0.2) is 59.1 Å². The van der Waals surface area contributed by atoms with E-state index in [1.807, 2.05) is 0 Å². The van der Waals surface area contributed by atoms with Crippen LogP contribution in [0.15, 0.2) is 42.5 Å². The van der Waals surface area contributed by atoms with Gasteiger partial charge in [-0.2, -0.15) is 0 Å². The number of imide groups is 1. The van der Waals surface area contributed by atoms with Gasteiger partial charge >= 0.3 is 0 Å². The summed E-state index contributed by atoms with van der Waals surface area (Å²) in [5.41, 5.74) is 0.559. The minimum Gasteiger partial charge on any atom is -0.504 e. The van der Waals surface area contributed by atoms with Crippen LogP contribution in [0.1, 0.15) is 11.1 Å². The predicted octanol–water partition coefficient (Wildman–Crippen LogP) is 0.707. The molecule has 0 aliphatic carbocycles. The summed E-state index contributed by atoms with van der Waals surface area (Å²) in [5.74, 6) is -3.27. The highest BCUT2D eigenvalue weighted by Gasteiger charge is 2.70. The van der Waals surface area contributed by atoms with E-state index in [0.29, 0.717) is 16.8 Å². The van der Waals surface area contributed by atoms with E-state index < -0.39 is 29.3 Å². The minimum absolute atomic E-state index is 0.118. The summed E-state index contributed by atoms with van der Waals surface area (Å²) in [6.07, 6.45) is 0.281. The van der Waals surface area contributed by atoms with E-state index >= 15 is 0 Å². The number of rotatable bonds is 5. The van der Waals surface area contributed by atoms with Crippen molar-refractivity contribution in [1.29, 1.82) is 0 Å². The van der Waals surface area contributed by atoms with Crippen LogP contribution in [0.5, 0.6) is 11.5 Å². The maximum absolute atomic E-state index is 13.5. The van der Waals surface area contributed by atoms with Gasteiger partial charge in [-0.3, -0.25) is 24.6 Å². The molecule has 2 unspecified atom stereocenters. The number of carbonyl (C=O) groups is 3. The van der Waals surface area contributed by atoms with Crippen LogP contribution >= 0.6 is 0 Å². The number of fused-ring (bicyclic) bond motifs is 4. The molecule has 1 spiro atoms. The van der Waals surface area contributed by atoms with Crippen LogP contribution in [0.25, 0.3) is 0 Å². The number of phenols is 2. The fourth-order valence-electron chi connectivity index (χ4n) is 5.35. The van der Waals surface area contributed by atoms with Gasteiger partial charge in [0, 0.05) is 24.4 Å². The summed E-state index contributed by atoms with van der Waals surface area (Å²) < 4.78 is 5.07. The summed E-state index contributed by atoms with van der Waals surface area (Å²) in [6, 6.07) is 11.1. The Balaban J connectivity index is 1.59. The third-order valence-corrected chi connectivity index (χ3v) is 6.73. The molecule has 0 radical (unpaired) electrons. The number of ether oxygens (including phenoxy) is 1. The standard InChI is InChI=1S/C23H23N3O6/c1-32-9-8-26-20(29)18-15(10-12-6-7-16(27)17(28)11-12)25-23(19(18)21(26)30)13-4-2-3-5-14(13)24-22(23)31/h2-7,11,15,18-19,25,27-28H,8-10H2,1H3,(H,24,31)/t15?,18-,19+,23?/m1/s1. The molecule has 4 N–H and O–H groups in total. The molecule has 2 saturated heterocycles. The molecule has 9 nitrogen and oxygen atoms in total. The second-order valence-corrected chi connectivity index (χ2v) is 8.41. The molecule has 0 aromatic heterocycles. The number of amides is 3. The van der Waals surface area contributed by atoms with Crippen molar-refractivity contribution >= 4 is 23.4 Å². The van der Waals surface area contributed by atoms with Crippen LogP contribution in [0.2, 0.25) is 0 Å². The highest BCUT2D eigenvalue weighted by atomic mass is 16.5. The number of benzene rings is 2. The van der Waals surface area contributed by atoms with E-state index in [9.17, 15) is 24.6 Å². The van der Waals surface area contributed by atoms with Crippen molar-refractivity contribution in [1.82, 2.24) is 10.2 Å². The number of nitrogens with one attached hydrogen (secondary N) is 2. The zero-order chi connectivity index (χ0) is 22.6. The largest absolute Gasteiger partial charge is 0.504 e. The Hall–Kier alpha value is -3.43. The summed E-state index contributed by atoms with van der Waals surface area (Å²) >= 11 is 0. The molecule has 2 aromatic carbocycles. The minimum atomic E-state index is -1.36. The van der Waals surface area contributed by atoms with Crippen LogP contribution < -0.4 is 10.6 Å². The molecule has 166 valence electrons. The molecular weight excluding hydrogens is 414 g/mol. The van der Waals surface area contributed by atoms with Crippen molar-refractivity contribution in [2.75, 3.05) is 25.6 Å². The number of methoxy groups -OCH3 is 1. The summed E-state index contributed by atoms with van der Waals surface area (Å²) in [4.78, 5) is 41.4. The third-order valence-electron chi connectivity index (χ3n) is 6.73. The molecule has 2 fully saturated rings. The first-order valence-electron chi connectivity index (χ1n) is 10.4. The van der Waals surface area contributed by atoms with Gasteiger partial charge in [0.25, 0.3) is 0 Å². The average molecular weight is 437 g/mol. The van der Waals surface area contributed by atoms with Crippen LogP contribution in [-0.2, 0) is 31.1 Å². The Morgan fingerprint density at radius 1 is 1.06 bits per heavy atom. The van der Waals surface area contributed by atoms with Gasteiger partial charge in [0.15, 0.2) is 11.5 Å². The second kappa shape index (κ2) is 7.32. The van der Waals surface area contributed by atoms with E-state index in [-0.39, 0.29) is 42.9 Å². The molecule has 0 bridgehead atoms. The Morgan fingerprint density at radius 2 is 1.84 bits per heavy atom. The molecule has 2 aromatic rings. The molecule has 3 amide bonds. The Morgan fingerprint density at radius 3 is 2.59 bits per heavy atom. The van der Waals surface area contributed by atoms with E-state index in [1.54, 1.807) is 30.3 Å². The van der Waals surface area contributed by atoms with E-state index in [4.69, 9.17) is 4.74 Å². The molecular formula is C23H23N3O6. The molecule has 3 aliphatic rings. The molecule has 3 heterocycles. The smallest absolute Gasteiger partial charge is 0.250 e. The lowest BCUT2D eigenvalue weighted by Gasteiger charge is -2.29. The topological polar surface area (TPSA) is 128 Å². The van der Waals surface area contributed by atoms with Gasteiger partial charge in [-0.25, -0.2) is 0 Å². The maximum Gasteiger partial charge on any atom is 0.250 e. The lowest BCUT2D eigenvalue weighted by Crippen LogP contribution is -2.53.